The van der Waals surface area contributed by atoms with Crippen molar-refractivity contribution in [3.05, 3.63) is 23.8 Å². The maximum atomic E-state index is 13.0. The molecule has 120 valence electrons. The number of halogens is 2. The summed E-state index contributed by atoms with van der Waals surface area (Å²) >= 11 is 0. The summed E-state index contributed by atoms with van der Waals surface area (Å²) in [7, 11) is 1.97. The number of aliphatic carboxylic acids is 1. The average Bonchev–Trinajstić information content (AvgIpc) is 2.74. The normalized spacial score (nSPS) is 22.5. The molecule has 1 N–H and O–H groups in total. The molecule has 8 heteroatoms. The maximum Gasteiger partial charge on any atom is 0.586 e. The Morgan fingerprint density at radius 2 is 1.86 bits per heavy atom. The van der Waals surface area contributed by atoms with Crippen molar-refractivity contribution in [2.75, 3.05) is 33.2 Å². The van der Waals surface area contributed by atoms with Gasteiger partial charge in [-0.1, -0.05) is 6.07 Å². The first-order chi connectivity index (χ1) is 10.4. The van der Waals surface area contributed by atoms with Gasteiger partial charge < -0.3 is 19.5 Å². The van der Waals surface area contributed by atoms with Crippen LogP contribution in [0.1, 0.15) is 11.6 Å². The third kappa shape index (κ3) is 2.84. The molecule has 2 aliphatic rings. The summed E-state index contributed by atoms with van der Waals surface area (Å²) in [5.74, 6) is -1.24. The van der Waals surface area contributed by atoms with Gasteiger partial charge in [0.15, 0.2) is 11.5 Å². The first-order valence-corrected chi connectivity index (χ1v) is 6.91. The number of rotatable bonds is 3. The zero-order valence-corrected chi connectivity index (χ0v) is 12.0. The Bertz CT molecular complexity index is 588. The molecule has 0 aromatic heterocycles. The van der Waals surface area contributed by atoms with Gasteiger partial charge in [-0.25, -0.2) is 0 Å². The number of fused-ring (bicyclic) bond motifs is 1. The molecule has 0 radical (unpaired) electrons. The van der Waals surface area contributed by atoms with E-state index in [1.807, 2.05) is 11.9 Å². The van der Waals surface area contributed by atoms with Crippen molar-refractivity contribution >= 4 is 5.97 Å². The second-order valence-electron chi connectivity index (χ2n) is 5.45. The minimum atomic E-state index is -3.70. The lowest BCUT2D eigenvalue weighted by atomic mass is 10.0. The van der Waals surface area contributed by atoms with Crippen molar-refractivity contribution in [3.63, 3.8) is 0 Å². The van der Waals surface area contributed by atoms with Crippen molar-refractivity contribution in [2.45, 2.75) is 12.3 Å². The fourth-order valence-electron chi connectivity index (χ4n) is 2.73. The van der Waals surface area contributed by atoms with E-state index in [2.05, 4.69) is 14.4 Å². The van der Waals surface area contributed by atoms with E-state index in [1.165, 1.54) is 18.2 Å². The summed E-state index contributed by atoms with van der Waals surface area (Å²) in [6.07, 6.45) is -3.70. The molecule has 1 unspecified atom stereocenters. The summed E-state index contributed by atoms with van der Waals surface area (Å²) < 4.78 is 34.8. The topological polar surface area (TPSA) is 62.2 Å². The molecule has 1 atom stereocenters. The van der Waals surface area contributed by atoms with Crippen LogP contribution in [-0.4, -0.2) is 60.4 Å². The Morgan fingerprint density at radius 1 is 1.23 bits per heavy atom. The van der Waals surface area contributed by atoms with E-state index in [0.717, 1.165) is 13.1 Å². The van der Waals surface area contributed by atoms with Crippen molar-refractivity contribution in [3.8, 4) is 11.5 Å². The molecular formula is C14H16F2N2O4. The Hall–Kier alpha value is -1.93. The number of carboxylic acids is 1. The Labute approximate surface area is 125 Å². The van der Waals surface area contributed by atoms with Gasteiger partial charge in [-0.05, 0) is 24.7 Å². The molecule has 0 aliphatic carbocycles. The quantitative estimate of drug-likeness (QED) is 0.909. The van der Waals surface area contributed by atoms with Crippen LogP contribution >= 0.6 is 0 Å². The minimum absolute atomic E-state index is 0.0868. The smallest absolute Gasteiger partial charge is 0.480 e. The van der Waals surface area contributed by atoms with Crippen molar-refractivity contribution in [2.24, 2.45) is 0 Å². The zero-order valence-electron chi connectivity index (χ0n) is 12.0. The third-order valence-corrected chi connectivity index (χ3v) is 3.88. The largest absolute Gasteiger partial charge is 0.586 e. The first kappa shape index (κ1) is 15.0. The SMILES string of the molecule is CN1CCN(C(C(=O)O)c2ccc3c(c2)OC(F)(F)O3)CC1. The van der Waals surface area contributed by atoms with Gasteiger partial charge in [0.25, 0.3) is 0 Å². The number of carbonyl (C=O) groups is 1. The molecule has 1 aromatic carbocycles. The average molecular weight is 314 g/mol. The van der Waals surface area contributed by atoms with Crippen LogP contribution in [0.3, 0.4) is 0 Å². The number of carboxylic acid groups (broad SMARTS) is 1. The van der Waals surface area contributed by atoms with Crippen LogP contribution in [0.2, 0.25) is 0 Å². The molecule has 1 fully saturated rings. The monoisotopic (exact) mass is 314 g/mol. The van der Waals surface area contributed by atoms with Gasteiger partial charge in [-0.2, -0.15) is 0 Å². The van der Waals surface area contributed by atoms with Crippen molar-refractivity contribution in [1.82, 2.24) is 9.80 Å². The lowest BCUT2D eigenvalue weighted by Gasteiger charge is -2.36. The van der Waals surface area contributed by atoms with Crippen LogP contribution in [0.25, 0.3) is 0 Å². The Kier molecular flexibility index (Phi) is 3.65. The molecule has 22 heavy (non-hydrogen) atoms. The molecule has 3 rings (SSSR count). The number of alkyl halides is 2. The van der Waals surface area contributed by atoms with E-state index < -0.39 is 18.3 Å². The van der Waals surface area contributed by atoms with Gasteiger partial charge in [0.2, 0.25) is 0 Å². The molecule has 0 amide bonds. The van der Waals surface area contributed by atoms with Gasteiger partial charge in [0.05, 0.1) is 0 Å². The van der Waals surface area contributed by atoms with Crippen LogP contribution in [0.15, 0.2) is 18.2 Å². The molecule has 0 saturated carbocycles. The van der Waals surface area contributed by atoms with E-state index in [9.17, 15) is 18.7 Å². The lowest BCUT2D eigenvalue weighted by molar-refractivity contribution is -0.286. The van der Waals surface area contributed by atoms with Gasteiger partial charge in [0.1, 0.15) is 6.04 Å². The van der Waals surface area contributed by atoms with Crippen molar-refractivity contribution < 1.29 is 28.2 Å². The van der Waals surface area contributed by atoms with E-state index >= 15 is 0 Å². The van der Waals surface area contributed by atoms with E-state index in [-0.39, 0.29) is 11.5 Å². The van der Waals surface area contributed by atoms with Gasteiger partial charge in [-0.15, -0.1) is 8.78 Å². The minimum Gasteiger partial charge on any atom is -0.480 e. The molecule has 2 aliphatic heterocycles. The van der Waals surface area contributed by atoms with Crippen LogP contribution < -0.4 is 9.47 Å². The molecule has 0 bridgehead atoms. The number of nitrogens with zero attached hydrogens (tertiary/aromatic N) is 2. The third-order valence-electron chi connectivity index (χ3n) is 3.88. The first-order valence-electron chi connectivity index (χ1n) is 6.91. The number of piperazine rings is 1. The van der Waals surface area contributed by atoms with Crippen LogP contribution in [-0.2, 0) is 4.79 Å². The highest BCUT2D eigenvalue weighted by Gasteiger charge is 2.44. The second kappa shape index (κ2) is 5.36. The highest BCUT2D eigenvalue weighted by Crippen LogP contribution is 2.42. The predicted octanol–water partition coefficient (Wildman–Crippen LogP) is 1.38. The van der Waals surface area contributed by atoms with Crippen molar-refractivity contribution in [1.29, 1.82) is 0 Å². The summed E-state index contributed by atoms with van der Waals surface area (Å²) in [5, 5.41) is 9.52. The van der Waals surface area contributed by atoms with Gasteiger partial charge in [-0.3, -0.25) is 9.69 Å². The van der Waals surface area contributed by atoms with Gasteiger partial charge >= 0.3 is 12.3 Å². The highest BCUT2D eigenvalue weighted by molar-refractivity contribution is 5.76. The summed E-state index contributed by atoms with van der Waals surface area (Å²) in [5.41, 5.74) is 0.400. The fourth-order valence-corrected chi connectivity index (χ4v) is 2.73. The van der Waals surface area contributed by atoms with Crippen LogP contribution in [0, 0.1) is 0 Å². The van der Waals surface area contributed by atoms with E-state index in [1.54, 1.807) is 0 Å². The molecule has 2 heterocycles. The lowest BCUT2D eigenvalue weighted by Crippen LogP contribution is -2.47. The van der Waals surface area contributed by atoms with Crippen LogP contribution in [0.5, 0.6) is 11.5 Å². The maximum absolute atomic E-state index is 13.0. The number of likely N-dealkylation sites (N-methyl/N-ethyl adjacent to an activating group) is 1. The predicted molar refractivity (Wildman–Crippen MR) is 72.1 cm³/mol. The molecular weight excluding hydrogens is 298 g/mol. The van der Waals surface area contributed by atoms with E-state index in [0.29, 0.717) is 18.7 Å². The standard InChI is InChI=1S/C14H16F2N2O4/c1-17-4-6-18(7-5-17)12(13(19)20)9-2-3-10-11(8-9)22-14(15,16)21-10/h2-3,8,12H,4-7H2,1H3,(H,19,20). The summed E-state index contributed by atoms with van der Waals surface area (Å²) in [4.78, 5) is 15.6. The fraction of sp³-hybridized carbons (Fsp3) is 0.500. The number of hydrogen-bond acceptors (Lipinski definition) is 5. The second-order valence-corrected chi connectivity index (χ2v) is 5.45. The molecule has 6 nitrogen and oxygen atoms in total. The summed E-state index contributed by atoms with van der Waals surface area (Å²) in [6.45, 7) is 2.70. The van der Waals surface area contributed by atoms with Crippen LogP contribution in [0.4, 0.5) is 8.78 Å². The Morgan fingerprint density at radius 3 is 2.50 bits per heavy atom. The number of hydrogen-bond donors (Lipinski definition) is 1. The number of ether oxygens (including phenoxy) is 2. The molecule has 1 aromatic rings. The Balaban J connectivity index is 1.86. The summed E-state index contributed by atoms with van der Waals surface area (Å²) in [6, 6.07) is 3.22. The number of benzene rings is 1. The zero-order chi connectivity index (χ0) is 15.9. The molecule has 1 saturated heterocycles. The molecule has 0 spiro atoms. The highest BCUT2D eigenvalue weighted by atomic mass is 19.3. The van der Waals surface area contributed by atoms with Gasteiger partial charge in [0, 0.05) is 26.2 Å². The van der Waals surface area contributed by atoms with E-state index in [4.69, 9.17) is 0 Å².